The molecule has 1 aromatic carbocycles. The van der Waals surface area contributed by atoms with Crippen molar-refractivity contribution in [3.8, 4) is 0 Å². The van der Waals surface area contributed by atoms with Gasteiger partial charge in [0, 0.05) is 10.6 Å². The van der Waals surface area contributed by atoms with Crippen LogP contribution in [0.4, 0.5) is 0 Å². The van der Waals surface area contributed by atoms with Crippen LogP contribution in [0, 0.1) is 0 Å². The van der Waals surface area contributed by atoms with E-state index in [1.54, 1.807) is 0 Å². The number of aliphatic imine (C=N–C) groups is 1. The number of hydrogen-bond donors (Lipinski definition) is 2. The molecule has 0 bridgehead atoms. The summed E-state index contributed by atoms with van der Waals surface area (Å²) in [6.45, 7) is 0. The van der Waals surface area contributed by atoms with Gasteiger partial charge in [0.05, 0.1) is 12.0 Å². The fourth-order valence-corrected chi connectivity index (χ4v) is 4.08. The van der Waals surface area contributed by atoms with E-state index in [4.69, 9.17) is 10.8 Å². The van der Waals surface area contributed by atoms with Crippen molar-refractivity contribution in [2.24, 2.45) is 10.8 Å². The van der Waals surface area contributed by atoms with Gasteiger partial charge in [-0.15, -0.1) is 11.8 Å². The van der Waals surface area contributed by atoms with Crippen LogP contribution in [0.5, 0.6) is 0 Å². The molecule has 3 rings (SSSR count). The van der Waals surface area contributed by atoms with Crippen molar-refractivity contribution >= 4 is 17.6 Å². The van der Waals surface area contributed by atoms with Crippen LogP contribution in [0.2, 0.25) is 0 Å². The number of rotatable bonds is 2. The summed E-state index contributed by atoms with van der Waals surface area (Å²) in [5.41, 5.74) is 4.22. The fraction of sp³-hybridized carbons (Fsp3) is 0.500. The van der Waals surface area contributed by atoms with Crippen molar-refractivity contribution in [2.75, 3.05) is 5.75 Å². The van der Waals surface area contributed by atoms with E-state index in [1.165, 1.54) is 36.1 Å². The highest BCUT2D eigenvalue weighted by Gasteiger charge is 2.28. The predicted octanol–water partition coefficient (Wildman–Crippen LogP) is 2.68. The van der Waals surface area contributed by atoms with Crippen molar-refractivity contribution in [3.63, 3.8) is 0 Å². The average molecular weight is 261 g/mol. The minimum atomic E-state index is 0.344. The first kappa shape index (κ1) is 12.1. The molecule has 1 atom stereocenters. The zero-order chi connectivity index (χ0) is 12.4. The Hall–Kier alpha value is -1.00. The summed E-state index contributed by atoms with van der Waals surface area (Å²) in [4.78, 5) is 6.21. The van der Waals surface area contributed by atoms with Crippen LogP contribution in [-0.2, 0) is 0 Å². The van der Waals surface area contributed by atoms with Crippen molar-refractivity contribution in [2.45, 2.75) is 42.5 Å². The molecule has 96 valence electrons. The van der Waals surface area contributed by atoms with Gasteiger partial charge in [0.2, 0.25) is 0 Å². The summed E-state index contributed by atoms with van der Waals surface area (Å²) in [6.07, 6.45) is 5.05. The van der Waals surface area contributed by atoms with Gasteiger partial charge in [-0.2, -0.15) is 0 Å². The molecule has 0 saturated heterocycles. The summed E-state index contributed by atoms with van der Waals surface area (Å²) in [5.74, 6) is 8.06. The molecule has 1 aliphatic carbocycles. The first-order valence-corrected chi connectivity index (χ1v) is 7.63. The minimum Gasteiger partial charge on any atom is -0.312 e. The van der Waals surface area contributed by atoms with Crippen molar-refractivity contribution in [1.29, 1.82) is 0 Å². The van der Waals surface area contributed by atoms with Gasteiger partial charge in [-0.25, -0.2) is 5.84 Å². The minimum absolute atomic E-state index is 0.344. The SMILES string of the molecule is NNC(=NC1CCCC1)C1CSc2ccccc21. The Morgan fingerprint density at radius 3 is 2.83 bits per heavy atom. The van der Waals surface area contributed by atoms with E-state index in [1.807, 2.05) is 11.8 Å². The molecule has 3 nitrogen and oxygen atoms in total. The van der Waals surface area contributed by atoms with Gasteiger partial charge < -0.3 is 5.43 Å². The second-order valence-corrected chi connectivity index (χ2v) is 6.06. The van der Waals surface area contributed by atoms with Crippen LogP contribution in [0.1, 0.15) is 37.2 Å². The zero-order valence-electron chi connectivity index (χ0n) is 10.4. The maximum Gasteiger partial charge on any atom is 0.119 e. The Morgan fingerprint density at radius 1 is 1.28 bits per heavy atom. The van der Waals surface area contributed by atoms with Crippen LogP contribution in [-0.4, -0.2) is 17.6 Å². The first-order chi connectivity index (χ1) is 8.88. The molecule has 0 amide bonds. The number of benzene rings is 1. The normalized spacial score (nSPS) is 24.3. The van der Waals surface area contributed by atoms with E-state index in [0.29, 0.717) is 12.0 Å². The van der Waals surface area contributed by atoms with E-state index in [0.717, 1.165) is 11.6 Å². The number of nitrogens with one attached hydrogen (secondary N) is 1. The number of hydrazine groups is 1. The highest BCUT2D eigenvalue weighted by atomic mass is 32.2. The molecule has 0 spiro atoms. The fourth-order valence-electron chi connectivity index (χ4n) is 2.85. The number of thioether (sulfide) groups is 1. The Balaban J connectivity index is 1.85. The van der Waals surface area contributed by atoms with Gasteiger partial charge >= 0.3 is 0 Å². The third-order valence-electron chi connectivity index (χ3n) is 3.82. The lowest BCUT2D eigenvalue weighted by molar-refractivity contribution is 0.691. The number of nitrogens with two attached hydrogens (primary N) is 1. The highest BCUT2D eigenvalue weighted by molar-refractivity contribution is 7.99. The molecule has 0 aromatic heterocycles. The van der Waals surface area contributed by atoms with E-state index < -0.39 is 0 Å². The molecule has 0 radical (unpaired) electrons. The molecule has 1 heterocycles. The molecule has 4 heteroatoms. The second kappa shape index (κ2) is 5.33. The van der Waals surface area contributed by atoms with Crippen LogP contribution in [0.15, 0.2) is 34.2 Å². The molecule has 1 aliphatic heterocycles. The molecule has 1 aromatic rings. The Labute approximate surface area is 112 Å². The van der Waals surface area contributed by atoms with Crippen LogP contribution >= 0.6 is 11.8 Å². The van der Waals surface area contributed by atoms with Crippen molar-refractivity contribution < 1.29 is 0 Å². The van der Waals surface area contributed by atoms with Gasteiger partial charge in [-0.1, -0.05) is 31.0 Å². The van der Waals surface area contributed by atoms with Gasteiger partial charge in [-0.3, -0.25) is 4.99 Å². The molecule has 18 heavy (non-hydrogen) atoms. The molecule has 3 N–H and O–H groups in total. The van der Waals surface area contributed by atoms with Gasteiger partial charge in [-0.05, 0) is 24.5 Å². The number of hydrogen-bond acceptors (Lipinski definition) is 3. The van der Waals surface area contributed by atoms with Gasteiger partial charge in [0.1, 0.15) is 5.84 Å². The third-order valence-corrected chi connectivity index (χ3v) is 5.01. The lowest BCUT2D eigenvalue weighted by Gasteiger charge is -2.16. The highest BCUT2D eigenvalue weighted by Crippen LogP contribution is 2.39. The Kier molecular flexibility index (Phi) is 3.57. The third kappa shape index (κ3) is 2.27. The van der Waals surface area contributed by atoms with Gasteiger partial charge in [0.25, 0.3) is 0 Å². The van der Waals surface area contributed by atoms with Crippen LogP contribution in [0.25, 0.3) is 0 Å². The van der Waals surface area contributed by atoms with E-state index >= 15 is 0 Å². The largest absolute Gasteiger partial charge is 0.312 e. The van der Waals surface area contributed by atoms with E-state index in [2.05, 4.69) is 29.7 Å². The second-order valence-electron chi connectivity index (χ2n) is 5.00. The molecular weight excluding hydrogens is 242 g/mol. The quantitative estimate of drug-likeness (QED) is 0.372. The lowest BCUT2D eigenvalue weighted by Crippen LogP contribution is -2.36. The first-order valence-electron chi connectivity index (χ1n) is 6.64. The molecular formula is C14H19N3S. The van der Waals surface area contributed by atoms with Crippen molar-refractivity contribution in [1.82, 2.24) is 5.43 Å². The molecule has 2 aliphatic rings. The van der Waals surface area contributed by atoms with E-state index in [9.17, 15) is 0 Å². The molecule has 1 fully saturated rings. The maximum absolute atomic E-state index is 5.70. The molecule has 1 saturated carbocycles. The summed E-state index contributed by atoms with van der Waals surface area (Å²) in [7, 11) is 0. The number of amidine groups is 1. The standard InChI is InChI=1S/C14H19N3S/c15-17-14(16-10-5-1-2-6-10)12-9-18-13-8-4-3-7-11(12)13/h3-4,7-8,10,12H,1-2,5-6,9,15H2,(H,16,17). The van der Waals surface area contributed by atoms with Crippen LogP contribution < -0.4 is 11.3 Å². The van der Waals surface area contributed by atoms with Gasteiger partial charge in [0.15, 0.2) is 0 Å². The average Bonchev–Trinajstić information content (AvgIpc) is 3.05. The topological polar surface area (TPSA) is 50.4 Å². The summed E-state index contributed by atoms with van der Waals surface area (Å²) >= 11 is 1.90. The smallest absolute Gasteiger partial charge is 0.119 e. The predicted molar refractivity (Wildman–Crippen MR) is 76.9 cm³/mol. The van der Waals surface area contributed by atoms with E-state index in [-0.39, 0.29) is 0 Å². The van der Waals surface area contributed by atoms with Crippen LogP contribution in [0.3, 0.4) is 0 Å². The summed E-state index contributed by atoms with van der Waals surface area (Å²) < 4.78 is 0. The Bertz CT molecular complexity index is 452. The summed E-state index contributed by atoms with van der Waals surface area (Å²) in [5, 5.41) is 0. The Morgan fingerprint density at radius 2 is 2.06 bits per heavy atom. The summed E-state index contributed by atoms with van der Waals surface area (Å²) in [6, 6.07) is 9.05. The number of fused-ring (bicyclic) bond motifs is 1. The lowest BCUT2D eigenvalue weighted by atomic mass is 10.00. The van der Waals surface area contributed by atoms with Crippen molar-refractivity contribution in [3.05, 3.63) is 29.8 Å². The molecule has 1 unspecified atom stereocenters. The zero-order valence-corrected chi connectivity index (χ0v) is 11.2. The monoisotopic (exact) mass is 261 g/mol. The maximum atomic E-state index is 5.70. The number of nitrogens with zero attached hydrogens (tertiary/aromatic N) is 1.